The molecule has 4 nitrogen and oxygen atoms in total. The van der Waals surface area contributed by atoms with Crippen molar-refractivity contribution in [3.05, 3.63) is 53.6 Å². The maximum atomic E-state index is 13.0. The standard InChI is InChI=1S/C22H27F3N2O2/c1-16(13-17-7-8-20(28-2)21(14-17)29-3)26-9-11-27(12-10-26)19-6-4-5-18(15-19)22(23,24)25/h4-8,14-16H,9-13H2,1-3H3/p+1/t16-/m1/s1. The van der Waals surface area contributed by atoms with Crippen molar-refractivity contribution < 1.29 is 27.5 Å². The molecule has 2 aromatic carbocycles. The van der Waals surface area contributed by atoms with Crippen LogP contribution in [0.3, 0.4) is 0 Å². The molecule has 0 aromatic heterocycles. The molecule has 7 heteroatoms. The van der Waals surface area contributed by atoms with Crippen molar-refractivity contribution in [1.82, 2.24) is 0 Å². The number of piperazine rings is 1. The molecule has 1 aliphatic heterocycles. The highest BCUT2D eigenvalue weighted by molar-refractivity contribution is 5.49. The largest absolute Gasteiger partial charge is 0.493 e. The monoisotopic (exact) mass is 409 g/mol. The van der Waals surface area contributed by atoms with Crippen molar-refractivity contribution in [3.8, 4) is 11.5 Å². The van der Waals surface area contributed by atoms with E-state index in [9.17, 15) is 13.2 Å². The zero-order valence-corrected chi connectivity index (χ0v) is 17.1. The van der Waals surface area contributed by atoms with Gasteiger partial charge in [-0.25, -0.2) is 0 Å². The molecule has 0 aliphatic carbocycles. The number of hydrogen-bond donors (Lipinski definition) is 1. The molecule has 2 aromatic rings. The number of nitrogens with one attached hydrogen (secondary N) is 1. The van der Waals surface area contributed by atoms with Crippen LogP contribution in [0, 0.1) is 0 Å². The first-order chi connectivity index (χ1) is 13.8. The van der Waals surface area contributed by atoms with Crippen LogP contribution in [0.4, 0.5) is 18.9 Å². The molecule has 0 amide bonds. The number of anilines is 1. The van der Waals surface area contributed by atoms with Gasteiger partial charge in [0.05, 0.1) is 52.0 Å². The van der Waals surface area contributed by atoms with E-state index in [0.29, 0.717) is 17.5 Å². The van der Waals surface area contributed by atoms with Crippen LogP contribution in [0.25, 0.3) is 0 Å². The van der Waals surface area contributed by atoms with Gasteiger partial charge in [0.1, 0.15) is 0 Å². The summed E-state index contributed by atoms with van der Waals surface area (Å²) in [7, 11) is 3.25. The molecule has 1 fully saturated rings. The second-order valence-corrected chi connectivity index (χ2v) is 7.49. The predicted octanol–water partition coefficient (Wildman–Crippen LogP) is 3.06. The molecular weight excluding hydrogens is 381 g/mol. The molecule has 1 saturated heterocycles. The van der Waals surface area contributed by atoms with E-state index in [4.69, 9.17) is 9.47 Å². The normalized spacial score (nSPS) is 16.6. The molecule has 158 valence electrons. The Hall–Kier alpha value is -2.41. The van der Waals surface area contributed by atoms with Crippen molar-refractivity contribution >= 4 is 5.69 Å². The lowest BCUT2D eigenvalue weighted by atomic mass is 10.0. The van der Waals surface area contributed by atoms with Gasteiger partial charge in [-0.15, -0.1) is 0 Å². The second-order valence-electron chi connectivity index (χ2n) is 7.49. The zero-order valence-electron chi connectivity index (χ0n) is 17.1. The predicted molar refractivity (Wildman–Crippen MR) is 107 cm³/mol. The second kappa shape index (κ2) is 8.95. The van der Waals surface area contributed by atoms with Crippen LogP contribution in [0.15, 0.2) is 42.5 Å². The number of quaternary nitrogens is 1. The molecule has 1 aliphatic rings. The summed E-state index contributed by atoms with van der Waals surface area (Å²) in [5.74, 6) is 1.44. The molecular formula is C22H28F3N2O2+. The maximum absolute atomic E-state index is 13.0. The summed E-state index contributed by atoms with van der Waals surface area (Å²) >= 11 is 0. The fraction of sp³-hybridized carbons (Fsp3) is 0.455. The topological polar surface area (TPSA) is 26.1 Å². The zero-order chi connectivity index (χ0) is 21.0. The van der Waals surface area contributed by atoms with Crippen LogP contribution < -0.4 is 19.3 Å². The number of ether oxygens (including phenoxy) is 2. The minimum absolute atomic E-state index is 0.400. The number of alkyl halides is 3. The van der Waals surface area contributed by atoms with Gasteiger partial charge in [0.15, 0.2) is 11.5 Å². The lowest BCUT2D eigenvalue weighted by Gasteiger charge is -2.36. The fourth-order valence-corrected chi connectivity index (χ4v) is 3.93. The van der Waals surface area contributed by atoms with Crippen molar-refractivity contribution in [2.75, 3.05) is 45.3 Å². The van der Waals surface area contributed by atoms with Crippen LogP contribution in [-0.2, 0) is 12.6 Å². The summed E-state index contributed by atoms with van der Waals surface area (Å²) in [6, 6.07) is 12.0. The van der Waals surface area contributed by atoms with E-state index in [2.05, 4.69) is 13.0 Å². The molecule has 0 bridgehead atoms. The number of benzene rings is 2. The molecule has 29 heavy (non-hydrogen) atoms. The first-order valence-corrected chi connectivity index (χ1v) is 9.79. The van der Waals surface area contributed by atoms with E-state index >= 15 is 0 Å². The Kier molecular flexibility index (Phi) is 6.57. The van der Waals surface area contributed by atoms with Crippen LogP contribution >= 0.6 is 0 Å². The summed E-state index contributed by atoms with van der Waals surface area (Å²) in [6.07, 6.45) is -3.41. The van der Waals surface area contributed by atoms with Crippen LogP contribution in [0.5, 0.6) is 11.5 Å². The van der Waals surface area contributed by atoms with Gasteiger partial charge in [0, 0.05) is 12.1 Å². The molecule has 0 radical (unpaired) electrons. The third-order valence-corrected chi connectivity index (χ3v) is 5.63. The average molecular weight is 409 g/mol. The molecule has 1 heterocycles. The smallest absolute Gasteiger partial charge is 0.416 e. The summed E-state index contributed by atoms with van der Waals surface area (Å²) in [5.41, 5.74) is 1.24. The van der Waals surface area contributed by atoms with E-state index < -0.39 is 11.7 Å². The summed E-state index contributed by atoms with van der Waals surface area (Å²) in [6.45, 7) is 5.49. The van der Waals surface area contributed by atoms with Gasteiger partial charge in [-0.05, 0) is 42.8 Å². The highest BCUT2D eigenvalue weighted by Gasteiger charge is 2.31. The van der Waals surface area contributed by atoms with Gasteiger partial charge >= 0.3 is 6.18 Å². The van der Waals surface area contributed by atoms with Crippen LogP contribution in [0.1, 0.15) is 18.1 Å². The number of hydrogen-bond acceptors (Lipinski definition) is 3. The molecule has 3 rings (SSSR count). The molecule has 0 spiro atoms. The van der Waals surface area contributed by atoms with E-state index in [1.165, 1.54) is 22.6 Å². The van der Waals surface area contributed by atoms with Gasteiger partial charge in [-0.1, -0.05) is 12.1 Å². The highest BCUT2D eigenvalue weighted by atomic mass is 19.4. The van der Waals surface area contributed by atoms with Gasteiger partial charge in [0.2, 0.25) is 0 Å². The fourth-order valence-electron chi connectivity index (χ4n) is 3.93. The Labute approximate surface area is 169 Å². The summed E-state index contributed by atoms with van der Waals surface area (Å²) in [4.78, 5) is 3.50. The lowest BCUT2D eigenvalue weighted by molar-refractivity contribution is -0.923. The van der Waals surface area contributed by atoms with E-state index in [-0.39, 0.29) is 0 Å². The summed E-state index contributed by atoms with van der Waals surface area (Å²) < 4.78 is 49.6. The lowest BCUT2D eigenvalue weighted by Crippen LogP contribution is -3.18. The Morgan fingerprint density at radius 2 is 1.69 bits per heavy atom. The Morgan fingerprint density at radius 3 is 2.31 bits per heavy atom. The number of methoxy groups -OCH3 is 2. The Balaban J connectivity index is 1.59. The van der Waals surface area contributed by atoms with Crippen LogP contribution in [0.2, 0.25) is 0 Å². The SMILES string of the molecule is COc1ccc(C[C@@H](C)[NH+]2CCN(c3cccc(C(F)(F)F)c3)CC2)cc1OC. The third kappa shape index (κ3) is 5.15. The Morgan fingerprint density at radius 1 is 1.00 bits per heavy atom. The molecule has 0 unspecified atom stereocenters. The van der Waals surface area contributed by atoms with Crippen molar-refractivity contribution in [2.24, 2.45) is 0 Å². The number of rotatable bonds is 6. The number of nitrogens with zero attached hydrogens (tertiary/aromatic N) is 1. The summed E-state index contributed by atoms with van der Waals surface area (Å²) in [5, 5.41) is 0. The molecule has 1 atom stereocenters. The van der Waals surface area contributed by atoms with Crippen LogP contribution in [-0.4, -0.2) is 46.4 Å². The van der Waals surface area contributed by atoms with Crippen molar-refractivity contribution in [2.45, 2.75) is 25.6 Å². The number of halogens is 3. The molecule has 1 N–H and O–H groups in total. The van der Waals surface area contributed by atoms with E-state index in [0.717, 1.165) is 44.4 Å². The third-order valence-electron chi connectivity index (χ3n) is 5.63. The minimum Gasteiger partial charge on any atom is -0.493 e. The average Bonchev–Trinajstić information content (AvgIpc) is 2.73. The van der Waals surface area contributed by atoms with Gasteiger partial charge in [-0.2, -0.15) is 13.2 Å². The van der Waals surface area contributed by atoms with Crippen molar-refractivity contribution in [3.63, 3.8) is 0 Å². The minimum atomic E-state index is -4.31. The first kappa shape index (κ1) is 21.3. The first-order valence-electron chi connectivity index (χ1n) is 9.79. The maximum Gasteiger partial charge on any atom is 0.416 e. The van der Waals surface area contributed by atoms with Gasteiger partial charge in [0.25, 0.3) is 0 Å². The quantitative estimate of drug-likeness (QED) is 0.794. The van der Waals surface area contributed by atoms with Gasteiger partial charge < -0.3 is 19.3 Å². The van der Waals surface area contributed by atoms with E-state index in [1.54, 1.807) is 20.3 Å². The molecule has 0 saturated carbocycles. The van der Waals surface area contributed by atoms with E-state index in [1.807, 2.05) is 17.0 Å². The highest BCUT2D eigenvalue weighted by Crippen LogP contribution is 2.31. The van der Waals surface area contributed by atoms with Gasteiger partial charge in [-0.3, -0.25) is 0 Å². The van der Waals surface area contributed by atoms with Crippen molar-refractivity contribution in [1.29, 1.82) is 0 Å². The Bertz CT molecular complexity index is 818.